The molecule has 1 heterocycles. The minimum absolute atomic E-state index is 0.0518. The van der Waals surface area contributed by atoms with Gasteiger partial charge < -0.3 is 9.64 Å². The van der Waals surface area contributed by atoms with Gasteiger partial charge in [0.2, 0.25) is 0 Å². The van der Waals surface area contributed by atoms with E-state index in [1.165, 1.54) is 19.2 Å². The Morgan fingerprint density at radius 2 is 2.00 bits per heavy atom. The molecule has 1 saturated heterocycles. The van der Waals surface area contributed by atoms with Crippen LogP contribution in [0.1, 0.15) is 23.2 Å². The van der Waals surface area contributed by atoms with Crippen LogP contribution in [0.15, 0.2) is 22.7 Å². The van der Waals surface area contributed by atoms with E-state index in [9.17, 15) is 14.0 Å². The molecular weight excluding hydrogens is 329 g/mol. The molecule has 108 valence electrons. The number of carbonyl (C=O) groups is 2. The lowest BCUT2D eigenvalue weighted by Gasteiger charge is -2.30. The highest BCUT2D eigenvalue weighted by Gasteiger charge is 2.29. The van der Waals surface area contributed by atoms with Crippen molar-refractivity contribution in [2.24, 2.45) is 5.92 Å². The maximum absolute atomic E-state index is 13.7. The minimum Gasteiger partial charge on any atom is -0.469 e. The van der Waals surface area contributed by atoms with Gasteiger partial charge in [0.15, 0.2) is 0 Å². The molecule has 6 heteroatoms. The van der Waals surface area contributed by atoms with Crippen molar-refractivity contribution in [2.75, 3.05) is 20.2 Å². The van der Waals surface area contributed by atoms with Gasteiger partial charge in [-0.15, -0.1) is 0 Å². The van der Waals surface area contributed by atoms with Crippen LogP contribution in [0.3, 0.4) is 0 Å². The highest BCUT2D eigenvalue weighted by molar-refractivity contribution is 9.10. The zero-order valence-corrected chi connectivity index (χ0v) is 12.7. The molecule has 0 aliphatic carbocycles. The van der Waals surface area contributed by atoms with Crippen LogP contribution >= 0.6 is 15.9 Å². The third kappa shape index (κ3) is 3.17. The lowest BCUT2D eigenvalue weighted by atomic mass is 9.96. The quantitative estimate of drug-likeness (QED) is 0.775. The summed E-state index contributed by atoms with van der Waals surface area (Å²) in [4.78, 5) is 25.3. The van der Waals surface area contributed by atoms with Gasteiger partial charge in [-0.25, -0.2) is 4.39 Å². The molecule has 0 unspecified atom stereocenters. The van der Waals surface area contributed by atoms with Crippen LogP contribution in [-0.4, -0.2) is 37.0 Å². The minimum atomic E-state index is -0.534. The van der Waals surface area contributed by atoms with Crippen LogP contribution in [0.5, 0.6) is 0 Å². The van der Waals surface area contributed by atoms with Crippen molar-refractivity contribution in [3.05, 3.63) is 34.1 Å². The lowest BCUT2D eigenvalue weighted by molar-refractivity contribution is -0.146. The molecule has 1 aliphatic rings. The fourth-order valence-corrected chi connectivity index (χ4v) is 2.68. The van der Waals surface area contributed by atoms with Crippen molar-refractivity contribution in [2.45, 2.75) is 12.8 Å². The molecule has 0 bridgehead atoms. The van der Waals surface area contributed by atoms with Crippen molar-refractivity contribution in [3.8, 4) is 0 Å². The van der Waals surface area contributed by atoms with Crippen LogP contribution in [0.4, 0.5) is 4.39 Å². The first-order valence-electron chi connectivity index (χ1n) is 6.35. The molecule has 0 aromatic heterocycles. The number of methoxy groups -OCH3 is 1. The first-order valence-corrected chi connectivity index (χ1v) is 7.14. The lowest BCUT2D eigenvalue weighted by Crippen LogP contribution is -2.40. The van der Waals surface area contributed by atoms with Gasteiger partial charge in [0, 0.05) is 17.6 Å². The normalized spacial score (nSPS) is 16.1. The summed E-state index contributed by atoms with van der Waals surface area (Å²) in [6.45, 7) is 0.870. The third-order valence-electron chi connectivity index (χ3n) is 3.48. The van der Waals surface area contributed by atoms with Gasteiger partial charge in [-0.2, -0.15) is 0 Å². The highest BCUT2D eigenvalue weighted by atomic mass is 79.9. The number of piperidine rings is 1. The molecular formula is C14H15BrFNO3. The Bertz CT molecular complexity index is 527. The van der Waals surface area contributed by atoms with Gasteiger partial charge in [0.05, 0.1) is 18.6 Å². The molecule has 0 saturated carbocycles. The predicted molar refractivity (Wildman–Crippen MR) is 74.7 cm³/mol. The predicted octanol–water partition coefficient (Wildman–Crippen LogP) is 2.61. The highest BCUT2D eigenvalue weighted by Crippen LogP contribution is 2.22. The van der Waals surface area contributed by atoms with Crippen LogP contribution in [0.2, 0.25) is 0 Å². The van der Waals surface area contributed by atoms with Crippen LogP contribution in [0.25, 0.3) is 0 Å². The van der Waals surface area contributed by atoms with Crippen molar-refractivity contribution in [1.29, 1.82) is 0 Å². The standard InChI is InChI=1S/C14H15BrFNO3/c1-20-14(19)9-4-6-17(7-5-9)13(18)11-8-10(15)2-3-12(11)16/h2-3,8-9H,4-7H2,1H3. The van der Waals surface area contributed by atoms with E-state index in [2.05, 4.69) is 15.9 Å². The van der Waals surface area contributed by atoms with Crippen LogP contribution < -0.4 is 0 Å². The fraction of sp³-hybridized carbons (Fsp3) is 0.429. The molecule has 4 nitrogen and oxygen atoms in total. The summed E-state index contributed by atoms with van der Waals surface area (Å²) in [5, 5.41) is 0. The van der Waals surface area contributed by atoms with E-state index in [4.69, 9.17) is 4.74 Å². The summed E-state index contributed by atoms with van der Waals surface area (Å²) < 4.78 is 19.0. The SMILES string of the molecule is COC(=O)C1CCN(C(=O)c2cc(Br)ccc2F)CC1. The molecule has 1 fully saturated rings. The molecule has 1 aliphatic heterocycles. The number of carbonyl (C=O) groups excluding carboxylic acids is 2. The van der Waals surface area contributed by atoms with E-state index in [0.717, 1.165) is 0 Å². The number of halogens is 2. The van der Waals surface area contributed by atoms with Gasteiger partial charge in [-0.05, 0) is 31.0 Å². The van der Waals surface area contributed by atoms with Crippen molar-refractivity contribution < 1.29 is 18.7 Å². The molecule has 0 N–H and O–H groups in total. The molecule has 0 spiro atoms. The molecule has 20 heavy (non-hydrogen) atoms. The van der Waals surface area contributed by atoms with Gasteiger partial charge in [-0.3, -0.25) is 9.59 Å². The van der Waals surface area contributed by atoms with Gasteiger partial charge in [0.25, 0.3) is 5.91 Å². The number of ether oxygens (including phenoxy) is 1. The monoisotopic (exact) mass is 343 g/mol. The van der Waals surface area contributed by atoms with E-state index >= 15 is 0 Å². The molecule has 0 radical (unpaired) electrons. The van der Waals surface area contributed by atoms with Gasteiger partial charge in [-0.1, -0.05) is 15.9 Å². The molecule has 2 rings (SSSR count). The maximum atomic E-state index is 13.7. The van der Waals surface area contributed by atoms with Crippen molar-refractivity contribution in [3.63, 3.8) is 0 Å². The van der Waals surface area contributed by atoms with E-state index in [0.29, 0.717) is 30.4 Å². The Kier molecular flexibility index (Phi) is 4.75. The summed E-state index contributed by atoms with van der Waals surface area (Å²) in [5.74, 6) is -1.29. The Morgan fingerprint density at radius 3 is 2.60 bits per heavy atom. The van der Waals surface area contributed by atoms with E-state index in [1.54, 1.807) is 11.0 Å². The number of hydrogen-bond acceptors (Lipinski definition) is 3. The molecule has 1 amide bonds. The Labute approximate surface area is 125 Å². The number of rotatable bonds is 2. The second-order valence-corrected chi connectivity index (χ2v) is 5.63. The van der Waals surface area contributed by atoms with E-state index < -0.39 is 5.82 Å². The van der Waals surface area contributed by atoms with E-state index in [-0.39, 0.29) is 23.4 Å². The average molecular weight is 344 g/mol. The van der Waals surface area contributed by atoms with E-state index in [1.807, 2.05) is 0 Å². The largest absolute Gasteiger partial charge is 0.469 e. The maximum Gasteiger partial charge on any atom is 0.308 e. The Morgan fingerprint density at radius 1 is 1.35 bits per heavy atom. The van der Waals surface area contributed by atoms with Gasteiger partial charge in [0.1, 0.15) is 5.82 Å². The number of benzene rings is 1. The average Bonchev–Trinajstić information content (AvgIpc) is 2.48. The first kappa shape index (κ1) is 15.0. The summed E-state index contributed by atoms with van der Waals surface area (Å²) in [6.07, 6.45) is 1.10. The topological polar surface area (TPSA) is 46.6 Å². The smallest absolute Gasteiger partial charge is 0.308 e. The molecule has 1 aromatic carbocycles. The summed E-state index contributed by atoms with van der Waals surface area (Å²) >= 11 is 3.23. The zero-order valence-electron chi connectivity index (χ0n) is 11.1. The van der Waals surface area contributed by atoms with Crippen molar-refractivity contribution >= 4 is 27.8 Å². The second-order valence-electron chi connectivity index (χ2n) is 4.71. The third-order valence-corrected chi connectivity index (χ3v) is 3.97. The summed E-state index contributed by atoms with van der Waals surface area (Å²) in [7, 11) is 1.36. The number of amides is 1. The Hall–Kier alpha value is -1.43. The zero-order chi connectivity index (χ0) is 14.7. The van der Waals surface area contributed by atoms with Gasteiger partial charge >= 0.3 is 5.97 Å². The van der Waals surface area contributed by atoms with Crippen molar-refractivity contribution in [1.82, 2.24) is 4.90 Å². The summed E-state index contributed by atoms with van der Waals surface area (Å²) in [6, 6.07) is 4.29. The number of nitrogens with zero attached hydrogens (tertiary/aromatic N) is 1. The first-order chi connectivity index (χ1) is 9.52. The number of esters is 1. The Balaban J connectivity index is 2.05. The number of hydrogen-bond donors (Lipinski definition) is 0. The number of likely N-dealkylation sites (tertiary alicyclic amines) is 1. The second kappa shape index (κ2) is 6.35. The fourth-order valence-electron chi connectivity index (χ4n) is 2.32. The molecule has 1 aromatic rings. The van der Waals surface area contributed by atoms with Crippen LogP contribution in [-0.2, 0) is 9.53 Å². The molecule has 0 atom stereocenters. The summed E-state index contributed by atoms with van der Waals surface area (Å²) in [5.41, 5.74) is 0.0518. The van der Waals surface area contributed by atoms with Crippen LogP contribution in [0, 0.1) is 11.7 Å².